The van der Waals surface area contributed by atoms with Crippen molar-refractivity contribution in [3.8, 4) is 23.3 Å². The Bertz CT molecular complexity index is 1280. The van der Waals surface area contributed by atoms with Gasteiger partial charge in [0.1, 0.15) is 17.4 Å². The molecule has 0 fully saturated rings. The largest absolute Gasteiger partial charge is 0.495 e. The Hall–Kier alpha value is -4.77. The van der Waals surface area contributed by atoms with Gasteiger partial charge < -0.3 is 24.8 Å². The lowest BCUT2D eigenvalue weighted by molar-refractivity contribution is -0.118. The molecule has 0 bridgehead atoms. The number of para-hydroxylation sites is 2. The van der Waals surface area contributed by atoms with E-state index in [1.807, 2.05) is 25.1 Å². The number of aryl methyl sites for hydroxylation is 1. The molecule has 0 saturated carbocycles. The average molecular weight is 472 g/mol. The van der Waals surface area contributed by atoms with Crippen LogP contribution in [0, 0.1) is 18.3 Å². The third-order valence-corrected chi connectivity index (χ3v) is 4.91. The lowest BCUT2D eigenvalue weighted by Gasteiger charge is -2.13. The topological polar surface area (TPSA) is 110 Å². The standard InChI is InChI=1S/C27H25N3O5/c1-18-8-11-21(12-9-18)29-27(32)20(16-28)14-19-10-13-24(25(15-19)34-3)35-17-26(31)30-22-6-4-5-7-23(22)33-2/h4-15H,17H2,1-3H3,(H,29,32)(H,30,31)/b20-14-. The van der Waals surface area contributed by atoms with Crippen LogP contribution in [-0.4, -0.2) is 32.6 Å². The van der Waals surface area contributed by atoms with Gasteiger partial charge in [0.15, 0.2) is 18.1 Å². The molecular formula is C27H25N3O5. The average Bonchev–Trinajstić information content (AvgIpc) is 2.87. The van der Waals surface area contributed by atoms with Gasteiger partial charge in [-0.25, -0.2) is 0 Å². The molecule has 0 heterocycles. The van der Waals surface area contributed by atoms with Crippen molar-refractivity contribution >= 4 is 29.3 Å². The van der Waals surface area contributed by atoms with Crippen molar-refractivity contribution < 1.29 is 23.8 Å². The minimum atomic E-state index is -0.524. The Morgan fingerprint density at radius 2 is 1.63 bits per heavy atom. The van der Waals surface area contributed by atoms with Crippen molar-refractivity contribution in [3.63, 3.8) is 0 Å². The van der Waals surface area contributed by atoms with Gasteiger partial charge in [-0.3, -0.25) is 9.59 Å². The van der Waals surface area contributed by atoms with Gasteiger partial charge in [0.05, 0.1) is 19.9 Å². The second-order valence-electron chi connectivity index (χ2n) is 7.44. The number of benzene rings is 3. The van der Waals surface area contributed by atoms with E-state index in [1.54, 1.807) is 54.6 Å². The molecule has 0 radical (unpaired) electrons. The SMILES string of the molecule is COc1ccccc1NC(=O)COc1ccc(/C=C(/C#N)C(=O)Nc2ccc(C)cc2)cc1OC. The molecule has 8 heteroatoms. The van der Waals surface area contributed by atoms with Crippen molar-refractivity contribution in [3.05, 3.63) is 83.4 Å². The van der Waals surface area contributed by atoms with E-state index in [1.165, 1.54) is 20.3 Å². The number of rotatable bonds is 9. The Morgan fingerprint density at radius 1 is 0.914 bits per heavy atom. The quantitative estimate of drug-likeness (QED) is 0.349. The fourth-order valence-electron chi connectivity index (χ4n) is 3.12. The molecule has 2 amide bonds. The molecule has 178 valence electrons. The van der Waals surface area contributed by atoms with Crippen LogP contribution in [0.4, 0.5) is 11.4 Å². The Balaban J connectivity index is 1.68. The van der Waals surface area contributed by atoms with Crippen LogP contribution < -0.4 is 24.8 Å². The van der Waals surface area contributed by atoms with Crippen LogP contribution >= 0.6 is 0 Å². The van der Waals surface area contributed by atoms with Crippen LogP contribution in [0.1, 0.15) is 11.1 Å². The minimum absolute atomic E-state index is 0.0718. The van der Waals surface area contributed by atoms with E-state index in [-0.39, 0.29) is 18.1 Å². The first-order valence-corrected chi connectivity index (χ1v) is 10.7. The van der Waals surface area contributed by atoms with Gasteiger partial charge in [0.2, 0.25) is 0 Å². The first-order chi connectivity index (χ1) is 16.9. The van der Waals surface area contributed by atoms with E-state index in [2.05, 4.69) is 10.6 Å². The van der Waals surface area contributed by atoms with Crippen molar-refractivity contribution in [1.82, 2.24) is 0 Å². The highest BCUT2D eigenvalue weighted by molar-refractivity contribution is 6.09. The minimum Gasteiger partial charge on any atom is -0.495 e. The van der Waals surface area contributed by atoms with Crippen LogP contribution in [-0.2, 0) is 9.59 Å². The highest BCUT2D eigenvalue weighted by atomic mass is 16.5. The number of methoxy groups -OCH3 is 2. The summed E-state index contributed by atoms with van der Waals surface area (Å²) >= 11 is 0. The number of ether oxygens (including phenoxy) is 3. The smallest absolute Gasteiger partial charge is 0.266 e. The summed E-state index contributed by atoms with van der Waals surface area (Å²) in [5.41, 5.74) is 2.67. The maximum Gasteiger partial charge on any atom is 0.266 e. The second kappa shape index (κ2) is 11.9. The molecule has 35 heavy (non-hydrogen) atoms. The zero-order valence-electron chi connectivity index (χ0n) is 19.6. The van der Waals surface area contributed by atoms with Gasteiger partial charge >= 0.3 is 0 Å². The van der Waals surface area contributed by atoms with Crippen LogP contribution in [0.5, 0.6) is 17.2 Å². The van der Waals surface area contributed by atoms with Crippen molar-refractivity contribution in [2.75, 3.05) is 31.5 Å². The van der Waals surface area contributed by atoms with Crippen LogP contribution in [0.15, 0.2) is 72.3 Å². The molecule has 0 saturated heterocycles. The van der Waals surface area contributed by atoms with E-state index in [9.17, 15) is 14.9 Å². The normalized spacial score (nSPS) is 10.6. The van der Waals surface area contributed by atoms with Crippen LogP contribution in [0.25, 0.3) is 6.08 Å². The monoisotopic (exact) mass is 471 g/mol. The summed E-state index contributed by atoms with van der Waals surface area (Å²) in [4.78, 5) is 24.8. The fraction of sp³-hybridized carbons (Fsp3) is 0.148. The summed E-state index contributed by atoms with van der Waals surface area (Å²) in [6.45, 7) is 1.69. The van der Waals surface area contributed by atoms with Crippen LogP contribution in [0.2, 0.25) is 0 Å². The van der Waals surface area contributed by atoms with Gasteiger partial charge in [-0.2, -0.15) is 5.26 Å². The molecule has 0 aliphatic rings. The summed E-state index contributed by atoms with van der Waals surface area (Å²) in [5, 5.41) is 14.9. The molecule has 0 unspecified atom stereocenters. The van der Waals surface area contributed by atoms with Crippen molar-refractivity contribution in [2.45, 2.75) is 6.92 Å². The number of anilines is 2. The summed E-state index contributed by atoms with van der Waals surface area (Å²) in [6, 6.07) is 21.1. The van der Waals surface area contributed by atoms with Gasteiger partial charge in [-0.15, -0.1) is 0 Å². The number of carbonyl (C=O) groups is 2. The predicted octanol–water partition coefficient (Wildman–Crippen LogP) is 4.58. The number of nitrogens with one attached hydrogen (secondary N) is 2. The molecule has 0 aliphatic heterocycles. The highest BCUT2D eigenvalue weighted by Gasteiger charge is 2.13. The van der Waals surface area contributed by atoms with Crippen LogP contribution in [0.3, 0.4) is 0 Å². The summed E-state index contributed by atoms with van der Waals surface area (Å²) in [7, 11) is 2.98. The van der Waals surface area contributed by atoms with Gasteiger partial charge in [-0.1, -0.05) is 35.9 Å². The molecule has 3 aromatic carbocycles. The summed E-state index contributed by atoms with van der Waals surface area (Å²) in [6.07, 6.45) is 1.45. The Kier molecular flexibility index (Phi) is 8.46. The fourth-order valence-corrected chi connectivity index (χ4v) is 3.12. The zero-order chi connectivity index (χ0) is 25.2. The number of hydrogen-bond acceptors (Lipinski definition) is 6. The van der Waals surface area contributed by atoms with Gasteiger partial charge in [0, 0.05) is 5.69 Å². The molecule has 0 spiro atoms. The molecule has 8 nitrogen and oxygen atoms in total. The first-order valence-electron chi connectivity index (χ1n) is 10.7. The number of carbonyl (C=O) groups excluding carboxylic acids is 2. The van der Waals surface area contributed by atoms with E-state index in [0.717, 1.165) is 5.56 Å². The molecule has 0 aliphatic carbocycles. The lowest BCUT2D eigenvalue weighted by atomic mass is 10.1. The van der Waals surface area contributed by atoms with E-state index >= 15 is 0 Å². The Morgan fingerprint density at radius 3 is 2.31 bits per heavy atom. The number of hydrogen-bond donors (Lipinski definition) is 2. The van der Waals surface area contributed by atoms with Crippen molar-refractivity contribution in [1.29, 1.82) is 5.26 Å². The molecule has 3 aromatic rings. The maximum absolute atomic E-state index is 12.5. The Labute approximate surface area is 203 Å². The first kappa shape index (κ1) is 24.9. The molecular weight excluding hydrogens is 446 g/mol. The van der Waals surface area contributed by atoms with Gasteiger partial charge in [0.25, 0.3) is 11.8 Å². The van der Waals surface area contributed by atoms with Gasteiger partial charge in [-0.05, 0) is 55.0 Å². The highest BCUT2D eigenvalue weighted by Crippen LogP contribution is 2.29. The van der Waals surface area contributed by atoms with E-state index in [0.29, 0.717) is 34.2 Å². The third kappa shape index (κ3) is 6.85. The number of nitrogens with zero attached hydrogens (tertiary/aromatic N) is 1. The lowest BCUT2D eigenvalue weighted by Crippen LogP contribution is -2.20. The molecule has 0 aromatic heterocycles. The molecule has 2 N–H and O–H groups in total. The number of nitriles is 1. The maximum atomic E-state index is 12.5. The van der Waals surface area contributed by atoms with Crippen molar-refractivity contribution in [2.24, 2.45) is 0 Å². The zero-order valence-corrected chi connectivity index (χ0v) is 19.6. The second-order valence-corrected chi connectivity index (χ2v) is 7.44. The predicted molar refractivity (Wildman–Crippen MR) is 134 cm³/mol. The summed E-state index contributed by atoms with van der Waals surface area (Å²) in [5.74, 6) is 0.320. The summed E-state index contributed by atoms with van der Waals surface area (Å²) < 4.78 is 16.2. The van der Waals surface area contributed by atoms with E-state index < -0.39 is 5.91 Å². The molecule has 3 rings (SSSR count). The number of amides is 2. The molecule has 0 atom stereocenters. The van der Waals surface area contributed by atoms with E-state index in [4.69, 9.17) is 14.2 Å². The third-order valence-electron chi connectivity index (χ3n) is 4.91.